The summed E-state index contributed by atoms with van der Waals surface area (Å²) in [4.78, 5) is 28.0. The zero-order valence-corrected chi connectivity index (χ0v) is 21.4. The second-order valence-corrected chi connectivity index (χ2v) is 9.66. The quantitative estimate of drug-likeness (QED) is 0.392. The van der Waals surface area contributed by atoms with E-state index in [1.54, 1.807) is 0 Å². The molecular weight excluding hydrogens is 456 g/mol. The first kappa shape index (κ1) is 27.6. The summed E-state index contributed by atoms with van der Waals surface area (Å²) in [7, 11) is 0. The van der Waals surface area contributed by atoms with Crippen molar-refractivity contribution < 1.29 is 19.1 Å². The molecule has 2 unspecified atom stereocenters. The first-order chi connectivity index (χ1) is 17.4. The Balaban J connectivity index is 1.58. The summed E-state index contributed by atoms with van der Waals surface area (Å²) in [5, 5.41) is 5.86. The maximum Gasteiger partial charge on any atom is 0.242 e. The molecule has 4 N–H and O–H groups in total. The standard InChI is InChI=1S/C28H40N4O4/c1-21(2)18-25(29)27(33)31-26(28(34)30-12-13-32-14-16-35-17-15-32)19-22-8-10-24(11-9-22)36-20-23-6-4-3-5-7-23/h3-11,21,25-26H,12-20,29H2,1-2H3,(H,30,34)(H,31,33). The van der Waals surface area contributed by atoms with Crippen molar-refractivity contribution in [3.63, 3.8) is 0 Å². The second kappa shape index (κ2) is 14.6. The summed E-state index contributed by atoms with van der Waals surface area (Å²) in [5.74, 6) is 0.518. The van der Waals surface area contributed by atoms with Gasteiger partial charge in [0.2, 0.25) is 11.8 Å². The molecule has 8 heteroatoms. The predicted octanol–water partition coefficient (Wildman–Crippen LogP) is 2.11. The molecule has 1 saturated heterocycles. The van der Waals surface area contributed by atoms with Crippen LogP contribution in [0.5, 0.6) is 5.75 Å². The Kier molecular flexibility index (Phi) is 11.2. The number of morpholine rings is 1. The molecule has 2 amide bonds. The van der Waals surface area contributed by atoms with Crippen LogP contribution in [0, 0.1) is 5.92 Å². The van der Waals surface area contributed by atoms with Gasteiger partial charge in [0.1, 0.15) is 18.4 Å². The summed E-state index contributed by atoms with van der Waals surface area (Å²) in [6.07, 6.45) is 0.924. The van der Waals surface area contributed by atoms with Gasteiger partial charge >= 0.3 is 0 Å². The Labute approximate surface area is 214 Å². The topological polar surface area (TPSA) is 106 Å². The van der Waals surface area contributed by atoms with Crippen molar-refractivity contribution in [1.82, 2.24) is 15.5 Å². The van der Waals surface area contributed by atoms with Crippen molar-refractivity contribution in [2.45, 2.75) is 45.4 Å². The van der Waals surface area contributed by atoms with Gasteiger partial charge in [0.05, 0.1) is 19.3 Å². The average molecular weight is 497 g/mol. The van der Waals surface area contributed by atoms with E-state index in [0.717, 1.165) is 36.5 Å². The third kappa shape index (κ3) is 9.60. The Bertz CT molecular complexity index is 930. The molecule has 0 bridgehead atoms. The number of nitrogens with zero attached hydrogens (tertiary/aromatic N) is 1. The molecule has 0 spiro atoms. The third-order valence-corrected chi connectivity index (χ3v) is 6.14. The number of carbonyl (C=O) groups excluding carboxylic acids is 2. The molecular formula is C28H40N4O4. The largest absolute Gasteiger partial charge is 0.489 e. The molecule has 2 atom stereocenters. The van der Waals surface area contributed by atoms with Crippen molar-refractivity contribution in [3.05, 3.63) is 65.7 Å². The molecule has 8 nitrogen and oxygen atoms in total. The number of carbonyl (C=O) groups is 2. The molecule has 1 aliphatic heterocycles. The van der Waals surface area contributed by atoms with Gasteiger partial charge < -0.3 is 25.8 Å². The predicted molar refractivity (Wildman–Crippen MR) is 141 cm³/mol. The maximum absolute atomic E-state index is 13.1. The van der Waals surface area contributed by atoms with Gasteiger partial charge in [-0.25, -0.2) is 0 Å². The van der Waals surface area contributed by atoms with E-state index in [4.69, 9.17) is 15.2 Å². The van der Waals surface area contributed by atoms with Gasteiger partial charge in [0.25, 0.3) is 0 Å². The van der Waals surface area contributed by atoms with Crippen LogP contribution in [0.3, 0.4) is 0 Å². The molecule has 3 rings (SSSR count). The van der Waals surface area contributed by atoms with Crippen LogP contribution >= 0.6 is 0 Å². The van der Waals surface area contributed by atoms with Crippen LogP contribution in [0.25, 0.3) is 0 Å². The molecule has 196 valence electrons. The third-order valence-electron chi connectivity index (χ3n) is 6.14. The molecule has 2 aromatic rings. The smallest absolute Gasteiger partial charge is 0.242 e. The summed E-state index contributed by atoms with van der Waals surface area (Å²) in [5.41, 5.74) is 8.10. The molecule has 0 radical (unpaired) electrons. The molecule has 0 saturated carbocycles. The molecule has 1 fully saturated rings. The summed E-state index contributed by atoms with van der Waals surface area (Å²) in [6.45, 7) is 8.92. The Morgan fingerprint density at radius 2 is 1.69 bits per heavy atom. The highest BCUT2D eigenvalue weighted by Gasteiger charge is 2.24. The Morgan fingerprint density at radius 3 is 2.36 bits per heavy atom. The van der Waals surface area contributed by atoms with E-state index in [1.165, 1.54) is 0 Å². The second-order valence-electron chi connectivity index (χ2n) is 9.66. The molecule has 0 aliphatic carbocycles. The van der Waals surface area contributed by atoms with Gasteiger partial charge in [-0.15, -0.1) is 0 Å². The van der Waals surface area contributed by atoms with Gasteiger partial charge in [-0.05, 0) is 35.6 Å². The van der Waals surface area contributed by atoms with E-state index in [0.29, 0.717) is 39.2 Å². The summed E-state index contributed by atoms with van der Waals surface area (Å²) in [6, 6.07) is 16.2. The Hall–Kier alpha value is -2.94. The number of hydrogen-bond acceptors (Lipinski definition) is 6. The lowest BCUT2D eigenvalue weighted by Crippen LogP contribution is -2.53. The normalized spacial score (nSPS) is 15.8. The van der Waals surface area contributed by atoms with Crippen LogP contribution in [-0.2, 0) is 27.4 Å². The number of nitrogens with two attached hydrogens (primary N) is 1. The summed E-state index contributed by atoms with van der Waals surface area (Å²) >= 11 is 0. The maximum atomic E-state index is 13.1. The van der Waals surface area contributed by atoms with E-state index in [9.17, 15) is 9.59 Å². The number of nitrogens with one attached hydrogen (secondary N) is 2. The number of ether oxygens (including phenoxy) is 2. The number of benzene rings is 2. The van der Waals surface area contributed by atoms with Gasteiger partial charge in [0, 0.05) is 32.6 Å². The van der Waals surface area contributed by atoms with Gasteiger partial charge in [-0.1, -0.05) is 56.3 Å². The van der Waals surface area contributed by atoms with Crippen LogP contribution < -0.4 is 21.1 Å². The van der Waals surface area contributed by atoms with Gasteiger partial charge in [-0.2, -0.15) is 0 Å². The van der Waals surface area contributed by atoms with Crippen molar-refractivity contribution >= 4 is 11.8 Å². The lowest BCUT2D eigenvalue weighted by Gasteiger charge is -2.27. The van der Waals surface area contributed by atoms with E-state index in [2.05, 4.69) is 15.5 Å². The monoisotopic (exact) mass is 496 g/mol. The minimum absolute atomic E-state index is 0.210. The number of amides is 2. The van der Waals surface area contributed by atoms with Crippen LogP contribution in [0.4, 0.5) is 0 Å². The first-order valence-electron chi connectivity index (χ1n) is 12.8. The molecule has 1 heterocycles. The highest BCUT2D eigenvalue weighted by molar-refractivity contribution is 5.89. The fraction of sp³-hybridized carbons (Fsp3) is 0.500. The van der Waals surface area contributed by atoms with Crippen LogP contribution in [-0.4, -0.2) is 68.2 Å². The van der Waals surface area contributed by atoms with E-state index >= 15 is 0 Å². The highest BCUT2D eigenvalue weighted by Crippen LogP contribution is 2.16. The zero-order valence-electron chi connectivity index (χ0n) is 21.4. The Morgan fingerprint density at radius 1 is 1.00 bits per heavy atom. The SMILES string of the molecule is CC(C)CC(N)C(=O)NC(Cc1ccc(OCc2ccccc2)cc1)C(=O)NCCN1CCOCC1. The van der Waals surface area contributed by atoms with Crippen LogP contribution in [0.2, 0.25) is 0 Å². The molecule has 1 aliphatic rings. The number of rotatable bonds is 13. The van der Waals surface area contributed by atoms with Crippen molar-refractivity contribution in [2.24, 2.45) is 11.7 Å². The van der Waals surface area contributed by atoms with Crippen LogP contribution in [0.15, 0.2) is 54.6 Å². The van der Waals surface area contributed by atoms with Crippen molar-refractivity contribution in [3.8, 4) is 5.75 Å². The molecule has 0 aromatic heterocycles. The lowest BCUT2D eigenvalue weighted by atomic mass is 10.0. The van der Waals surface area contributed by atoms with Gasteiger partial charge in [0.15, 0.2) is 0 Å². The average Bonchev–Trinajstić information content (AvgIpc) is 2.88. The first-order valence-corrected chi connectivity index (χ1v) is 12.8. The number of hydrogen-bond donors (Lipinski definition) is 3. The minimum Gasteiger partial charge on any atom is -0.489 e. The van der Waals surface area contributed by atoms with Crippen LogP contribution in [0.1, 0.15) is 31.4 Å². The fourth-order valence-electron chi connectivity index (χ4n) is 4.09. The van der Waals surface area contributed by atoms with Crippen molar-refractivity contribution in [1.29, 1.82) is 0 Å². The molecule has 36 heavy (non-hydrogen) atoms. The highest BCUT2D eigenvalue weighted by atomic mass is 16.5. The summed E-state index contributed by atoms with van der Waals surface area (Å²) < 4.78 is 11.2. The van der Waals surface area contributed by atoms with E-state index < -0.39 is 12.1 Å². The fourth-order valence-corrected chi connectivity index (χ4v) is 4.09. The van der Waals surface area contributed by atoms with Gasteiger partial charge in [-0.3, -0.25) is 14.5 Å². The van der Waals surface area contributed by atoms with E-state index in [-0.39, 0.29) is 17.7 Å². The minimum atomic E-state index is -0.712. The van der Waals surface area contributed by atoms with Crippen molar-refractivity contribution in [2.75, 3.05) is 39.4 Å². The molecule has 2 aromatic carbocycles. The van der Waals surface area contributed by atoms with E-state index in [1.807, 2.05) is 68.4 Å². The lowest BCUT2D eigenvalue weighted by molar-refractivity contribution is -0.129. The zero-order chi connectivity index (χ0) is 25.8.